The van der Waals surface area contributed by atoms with Crippen molar-refractivity contribution in [2.75, 3.05) is 0 Å². The van der Waals surface area contributed by atoms with E-state index >= 15 is 0 Å². The second-order valence-electron chi connectivity index (χ2n) is 10.0. The molecule has 0 saturated heterocycles. The lowest BCUT2D eigenvalue weighted by molar-refractivity contribution is 0.602. The van der Waals surface area contributed by atoms with Crippen LogP contribution in [0, 0.1) is 0 Å². The Morgan fingerprint density at radius 1 is 0.743 bits per heavy atom. The number of nitrogens with zero attached hydrogens (tertiary/aromatic N) is 2. The van der Waals surface area contributed by atoms with Crippen LogP contribution in [0.4, 0.5) is 0 Å². The Labute approximate surface area is 202 Å². The molecule has 0 amide bonds. The van der Waals surface area contributed by atoms with E-state index in [9.17, 15) is 0 Å². The Morgan fingerprint density at radius 3 is 2.51 bits per heavy atom. The summed E-state index contributed by atoms with van der Waals surface area (Å²) in [6, 6.07) is 32.9. The van der Waals surface area contributed by atoms with Crippen LogP contribution >= 0.6 is 0 Å². The van der Waals surface area contributed by atoms with Crippen molar-refractivity contribution < 1.29 is 4.42 Å². The quantitative estimate of drug-likeness (QED) is 0.251. The lowest BCUT2D eigenvalue weighted by Gasteiger charge is -2.24. The van der Waals surface area contributed by atoms with E-state index in [1.807, 2.05) is 6.07 Å². The Hall–Kier alpha value is -4.37. The number of benzene rings is 5. The molecular formula is C32H22N2O. The molecule has 0 spiro atoms. The third kappa shape index (κ3) is 2.28. The van der Waals surface area contributed by atoms with Crippen molar-refractivity contribution in [3.05, 3.63) is 109 Å². The summed E-state index contributed by atoms with van der Waals surface area (Å²) >= 11 is 0. The molecule has 3 nitrogen and oxygen atoms in total. The SMILES string of the molecule is CC1(C)c2ccccc2-c2ccc3ccc4c5ccccc5n(-c5cccc6ocnc56)c4c3c21. The Bertz CT molecular complexity index is 1990. The van der Waals surface area contributed by atoms with Crippen molar-refractivity contribution in [1.82, 2.24) is 9.55 Å². The molecule has 0 bridgehead atoms. The molecule has 5 aromatic carbocycles. The van der Waals surface area contributed by atoms with Gasteiger partial charge in [0.2, 0.25) is 0 Å². The minimum absolute atomic E-state index is 0.110. The molecule has 0 radical (unpaired) electrons. The normalized spacial score (nSPS) is 14.2. The predicted octanol–water partition coefficient (Wildman–Crippen LogP) is 8.38. The van der Waals surface area contributed by atoms with Gasteiger partial charge in [0.15, 0.2) is 12.0 Å². The summed E-state index contributed by atoms with van der Waals surface area (Å²) in [5.41, 5.74) is 10.5. The van der Waals surface area contributed by atoms with E-state index < -0.39 is 0 Å². The Balaban J connectivity index is 1.65. The first kappa shape index (κ1) is 19.0. The lowest BCUT2D eigenvalue weighted by Crippen LogP contribution is -2.15. The van der Waals surface area contributed by atoms with Crippen molar-refractivity contribution in [3.8, 4) is 16.8 Å². The van der Waals surface area contributed by atoms with E-state index in [1.165, 1.54) is 61.2 Å². The van der Waals surface area contributed by atoms with Crippen LogP contribution in [0.1, 0.15) is 25.0 Å². The molecule has 8 rings (SSSR count). The van der Waals surface area contributed by atoms with Crippen LogP contribution in [0.5, 0.6) is 0 Å². The number of para-hydroxylation sites is 2. The van der Waals surface area contributed by atoms with Gasteiger partial charge in [0.25, 0.3) is 0 Å². The van der Waals surface area contributed by atoms with E-state index in [4.69, 9.17) is 4.42 Å². The van der Waals surface area contributed by atoms with Crippen LogP contribution in [0.15, 0.2) is 102 Å². The zero-order valence-corrected chi connectivity index (χ0v) is 19.5. The van der Waals surface area contributed by atoms with Crippen molar-refractivity contribution in [1.29, 1.82) is 0 Å². The average Bonchev–Trinajstić information content (AvgIpc) is 3.56. The average molecular weight is 451 g/mol. The van der Waals surface area contributed by atoms with Gasteiger partial charge < -0.3 is 8.98 Å². The molecule has 0 aliphatic heterocycles. The molecule has 3 heteroatoms. The molecule has 0 saturated carbocycles. The summed E-state index contributed by atoms with van der Waals surface area (Å²) in [5.74, 6) is 0. The van der Waals surface area contributed by atoms with E-state index in [1.54, 1.807) is 0 Å². The largest absolute Gasteiger partial charge is 0.443 e. The van der Waals surface area contributed by atoms with Crippen LogP contribution in [0.25, 0.3) is 60.5 Å². The highest BCUT2D eigenvalue weighted by atomic mass is 16.3. The molecule has 1 aliphatic carbocycles. The Kier molecular flexibility index (Phi) is 3.47. The smallest absolute Gasteiger partial charge is 0.182 e. The zero-order valence-electron chi connectivity index (χ0n) is 19.5. The van der Waals surface area contributed by atoms with Crippen molar-refractivity contribution in [2.24, 2.45) is 0 Å². The molecule has 35 heavy (non-hydrogen) atoms. The molecule has 0 fully saturated rings. The van der Waals surface area contributed by atoms with Gasteiger partial charge in [0.05, 0.1) is 16.7 Å². The summed E-state index contributed by atoms with van der Waals surface area (Å²) in [6.45, 7) is 4.72. The van der Waals surface area contributed by atoms with Gasteiger partial charge in [-0.15, -0.1) is 0 Å². The number of oxazole rings is 1. The van der Waals surface area contributed by atoms with Gasteiger partial charge in [-0.1, -0.05) is 86.6 Å². The molecule has 0 atom stereocenters. The van der Waals surface area contributed by atoms with Gasteiger partial charge in [0, 0.05) is 21.6 Å². The van der Waals surface area contributed by atoms with Gasteiger partial charge in [-0.2, -0.15) is 0 Å². The first-order valence-corrected chi connectivity index (χ1v) is 12.1. The predicted molar refractivity (Wildman–Crippen MR) is 143 cm³/mol. The number of hydrogen-bond donors (Lipinski definition) is 0. The molecule has 166 valence electrons. The van der Waals surface area contributed by atoms with Gasteiger partial charge in [-0.25, -0.2) is 4.98 Å². The molecule has 2 heterocycles. The number of aromatic nitrogens is 2. The van der Waals surface area contributed by atoms with Crippen molar-refractivity contribution in [2.45, 2.75) is 19.3 Å². The molecule has 2 aromatic heterocycles. The topological polar surface area (TPSA) is 31.0 Å². The maximum Gasteiger partial charge on any atom is 0.182 e. The molecule has 7 aromatic rings. The summed E-state index contributed by atoms with van der Waals surface area (Å²) in [6.07, 6.45) is 1.54. The van der Waals surface area contributed by atoms with Crippen LogP contribution in [0.3, 0.4) is 0 Å². The maximum absolute atomic E-state index is 5.69. The second kappa shape index (κ2) is 6.39. The second-order valence-corrected chi connectivity index (χ2v) is 10.0. The highest BCUT2D eigenvalue weighted by Crippen LogP contribution is 2.53. The summed E-state index contributed by atoms with van der Waals surface area (Å²) in [7, 11) is 0. The van der Waals surface area contributed by atoms with E-state index in [-0.39, 0.29) is 5.41 Å². The first-order chi connectivity index (χ1) is 17.1. The number of fused-ring (bicyclic) bond motifs is 10. The monoisotopic (exact) mass is 450 g/mol. The fourth-order valence-corrected chi connectivity index (χ4v) is 6.44. The lowest BCUT2D eigenvalue weighted by atomic mass is 9.80. The van der Waals surface area contributed by atoms with Crippen LogP contribution in [-0.4, -0.2) is 9.55 Å². The molecule has 1 aliphatic rings. The fraction of sp³-hybridized carbons (Fsp3) is 0.0938. The minimum atomic E-state index is -0.110. The van der Waals surface area contributed by atoms with E-state index in [0.29, 0.717) is 0 Å². The number of hydrogen-bond acceptors (Lipinski definition) is 2. The standard InChI is InChI=1S/C32H22N2O/c1-32(2)24-10-5-3-8-20(24)22-16-14-19-15-17-23-21-9-4-6-11-25(21)34(31(23)28(19)29(22)32)26-12-7-13-27-30(26)33-18-35-27/h3-18H,1-2H3. The van der Waals surface area contributed by atoms with Gasteiger partial charge in [-0.3, -0.25) is 0 Å². The summed E-state index contributed by atoms with van der Waals surface area (Å²) < 4.78 is 8.09. The van der Waals surface area contributed by atoms with Crippen molar-refractivity contribution in [3.63, 3.8) is 0 Å². The first-order valence-electron chi connectivity index (χ1n) is 12.1. The third-order valence-electron chi connectivity index (χ3n) is 7.91. The summed E-state index contributed by atoms with van der Waals surface area (Å²) in [5, 5.41) is 5.08. The van der Waals surface area contributed by atoms with E-state index in [0.717, 1.165) is 16.8 Å². The van der Waals surface area contributed by atoms with Crippen LogP contribution < -0.4 is 0 Å². The number of rotatable bonds is 1. The zero-order chi connectivity index (χ0) is 23.3. The molecule has 0 unspecified atom stereocenters. The Morgan fingerprint density at radius 2 is 1.57 bits per heavy atom. The highest BCUT2D eigenvalue weighted by Gasteiger charge is 2.37. The van der Waals surface area contributed by atoms with Crippen molar-refractivity contribution >= 4 is 43.7 Å². The fourth-order valence-electron chi connectivity index (χ4n) is 6.44. The highest BCUT2D eigenvalue weighted by molar-refractivity contribution is 6.21. The van der Waals surface area contributed by atoms with Gasteiger partial charge in [0.1, 0.15) is 5.52 Å². The molecule has 0 N–H and O–H groups in total. The minimum Gasteiger partial charge on any atom is -0.443 e. The van der Waals surface area contributed by atoms with Crippen LogP contribution in [0.2, 0.25) is 0 Å². The third-order valence-corrected chi connectivity index (χ3v) is 7.91. The van der Waals surface area contributed by atoms with E-state index in [2.05, 4.69) is 108 Å². The molecular weight excluding hydrogens is 428 g/mol. The maximum atomic E-state index is 5.69. The van der Waals surface area contributed by atoms with Gasteiger partial charge in [-0.05, 0) is 45.8 Å². The van der Waals surface area contributed by atoms with Gasteiger partial charge >= 0.3 is 0 Å². The summed E-state index contributed by atoms with van der Waals surface area (Å²) in [4.78, 5) is 4.61. The van der Waals surface area contributed by atoms with Crippen LogP contribution in [-0.2, 0) is 5.41 Å².